The zero-order valence-corrected chi connectivity index (χ0v) is 17.3. The number of aromatic nitrogens is 1. The van der Waals surface area contributed by atoms with Crippen molar-refractivity contribution in [3.8, 4) is 0 Å². The number of pyridine rings is 1. The summed E-state index contributed by atoms with van der Waals surface area (Å²) in [5.41, 5.74) is 2.41. The monoisotopic (exact) mass is 429 g/mol. The highest BCUT2D eigenvalue weighted by Gasteiger charge is 2.08. The molecule has 30 heavy (non-hydrogen) atoms. The number of halogens is 1. The third-order valence-corrected chi connectivity index (χ3v) is 4.74. The molecule has 0 aliphatic heterocycles. The van der Waals surface area contributed by atoms with Crippen LogP contribution in [0.3, 0.4) is 0 Å². The fourth-order valence-electron chi connectivity index (χ4n) is 2.83. The number of likely N-dealkylation sites (N-methyl/N-ethyl adjacent to an activating group) is 1. The number of anilines is 2. The first kappa shape index (κ1) is 23.2. The topological polar surface area (TPSA) is 106 Å². The Morgan fingerprint density at radius 1 is 0.933 bits per heavy atom. The highest BCUT2D eigenvalue weighted by atomic mass is 35.5. The van der Waals surface area contributed by atoms with E-state index >= 15 is 0 Å². The Balaban J connectivity index is 0.00000320. The molecule has 0 aliphatic carbocycles. The quantitative estimate of drug-likeness (QED) is 0.298. The van der Waals surface area contributed by atoms with Gasteiger partial charge in [-0.05, 0) is 49.4 Å². The van der Waals surface area contributed by atoms with Crippen LogP contribution >= 0.6 is 11.6 Å². The highest BCUT2D eigenvalue weighted by molar-refractivity contribution is 6.33. The average molecular weight is 430 g/mol. The third kappa shape index (κ3) is 6.23. The summed E-state index contributed by atoms with van der Waals surface area (Å²) in [6.07, 6.45) is 4.13. The SMILES string of the molecule is CCN(CC[n+]1ccccc1)c1ccc(N=Nc2ccc(N(O)O)cc2Cl)cc1.[OH-]. The van der Waals surface area contributed by atoms with E-state index in [9.17, 15) is 0 Å². The van der Waals surface area contributed by atoms with E-state index in [1.54, 1.807) is 6.07 Å². The van der Waals surface area contributed by atoms with Crippen molar-refractivity contribution in [1.82, 2.24) is 0 Å². The van der Waals surface area contributed by atoms with Gasteiger partial charge < -0.3 is 10.4 Å². The lowest BCUT2D eigenvalue weighted by Gasteiger charge is -2.21. The van der Waals surface area contributed by atoms with E-state index in [-0.39, 0.29) is 21.4 Å². The Hall–Kier alpha value is -3.04. The lowest BCUT2D eigenvalue weighted by atomic mass is 10.2. The van der Waals surface area contributed by atoms with Gasteiger partial charge in [-0.25, -0.2) is 4.57 Å². The van der Waals surface area contributed by atoms with Crippen molar-refractivity contribution in [2.75, 3.05) is 23.2 Å². The molecule has 3 N–H and O–H groups in total. The van der Waals surface area contributed by atoms with E-state index in [4.69, 9.17) is 22.0 Å². The van der Waals surface area contributed by atoms with Gasteiger partial charge >= 0.3 is 0 Å². The fraction of sp³-hybridized carbons (Fsp3) is 0.190. The number of hydrogen-bond acceptors (Lipinski definition) is 7. The molecule has 0 unspecified atom stereocenters. The summed E-state index contributed by atoms with van der Waals surface area (Å²) >= 11 is 6.10. The van der Waals surface area contributed by atoms with Crippen molar-refractivity contribution in [2.45, 2.75) is 13.5 Å². The summed E-state index contributed by atoms with van der Waals surface area (Å²) in [5.74, 6) is 0. The molecule has 0 aliphatic rings. The van der Waals surface area contributed by atoms with Crippen LogP contribution in [0, 0.1) is 0 Å². The lowest BCUT2D eigenvalue weighted by molar-refractivity contribution is -0.694. The number of nitrogens with zero attached hydrogens (tertiary/aromatic N) is 5. The number of azo groups is 1. The largest absolute Gasteiger partial charge is 0.870 e. The maximum atomic E-state index is 9.01. The first-order chi connectivity index (χ1) is 14.1. The van der Waals surface area contributed by atoms with Crippen molar-refractivity contribution >= 4 is 34.4 Å². The second-order valence-electron chi connectivity index (χ2n) is 6.33. The summed E-state index contributed by atoms with van der Waals surface area (Å²) in [6.45, 7) is 4.85. The van der Waals surface area contributed by atoms with Crippen molar-refractivity contribution in [3.05, 3.63) is 78.1 Å². The van der Waals surface area contributed by atoms with Gasteiger partial charge in [0.1, 0.15) is 5.69 Å². The predicted molar refractivity (Wildman–Crippen MR) is 115 cm³/mol. The Bertz CT molecular complexity index is 953. The predicted octanol–water partition coefficient (Wildman–Crippen LogP) is 4.98. The normalized spacial score (nSPS) is 10.7. The molecule has 2 aromatic carbocycles. The van der Waals surface area contributed by atoms with Gasteiger partial charge in [0, 0.05) is 24.4 Å². The molecule has 0 spiro atoms. The Morgan fingerprint density at radius 2 is 1.60 bits per heavy atom. The van der Waals surface area contributed by atoms with Crippen molar-refractivity contribution in [1.29, 1.82) is 0 Å². The molecule has 0 fully saturated rings. The van der Waals surface area contributed by atoms with E-state index in [1.165, 1.54) is 12.1 Å². The second-order valence-corrected chi connectivity index (χ2v) is 6.74. The molecule has 1 heterocycles. The van der Waals surface area contributed by atoms with Gasteiger partial charge in [0.05, 0.1) is 22.9 Å². The lowest BCUT2D eigenvalue weighted by Crippen LogP contribution is -2.40. The first-order valence-electron chi connectivity index (χ1n) is 9.25. The van der Waals surface area contributed by atoms with Gasteiger partial charge in [-0.1, -0.05) is 17.7 Å². The fourth-order valence-corrected chi connectivity index (χ4v) is 3.04. The van der Waals surface area contributed by atoms with Gasteiger partial charge in [-0.15, -0.1) is 10.3 Å². The third-order valence-electron chi connectivity index (χ3n) is 4.44. The van der Waals surface area contributed by atoms with Crippen molar-refractivity contribution < 1.29 is 20.5 Å². The molecule has 1 aromatic heterocycles. The first-order valence-corrected chi connectivity index (χ1v) is 9.63. The average Bonchev–Trinajstić information content (AvgIpc) is 2.75. The number of benzene rings is 2. The molecule has 3 rings (SSSR count). The minimum Gasteiger partial charge on any atom is -0.870 e. The van der Waals surface area contributed by atoms with E-state index in [0.717, 1.165) is 25.3 Å². The smallest absolute Gasteiger partial charge is 0.168 e. The molecule has 0 bridgehead atoms. The van der Waals surface area contributed by atoms with Crippen LogP contribution in [0.15, 0.2) is 83.3 Å². The van der Waals surface area contributed by atoms with E-state index < -0.39 is 0 Å². The van der Waals surface area contributed by atoms with E-state index in [2.05, 4.69) is 39.0 Å². The second kappa shape index (κ2) is 11.2. The molecule has 0 radical (unpaired) electrons. The number of hydrogen-bond donors (Lipinski definition) is 2. The van der Waals surface area contributed by atoms with Gasteiger partial charge in [-0.2, -0.15) is 5.11 Å². The standard InChI is InChI=1S/C21H23ClN5O2.H2O/c1-2-26(15-14-25-12-4-3-5-13-25)18-8-6-17(7-9-18)23-24-21-11-10-19(27(28)29)16-20(21)22;/h3-13,16,28-29H,2,14-15H2,1H3;1H2/q+1;/p-1. The van der Waals surface area contributed by atoms with Crippen LogP contribution in [0.4, 0.5) is 22.7 Å². The molecular weight excluding hydrogens is 406 g/mol. The molecule has 0 saturated carbocycles. The highest BCUT2D eigenvalue weighted by Crippen LogP contribution is 2.30. The molecule has 9 heteroatoms. The van der Waals surface area contributed by atoms with Crippen LogP contribution < -0.4 is 14.7 Å². The molecule has 3 aromatic rings. The van der Waals surface area contributed by atoms with Crippen LogP contribution in [0.25, 0.3) is 0 Å². The van der Waals surface area contributed by atoms with E-state index in [0.29, 0.717) is 11.4 Å². The maximum absolute atomic E-state index is 9.01. The summed E-state index contributed by atoms with van der Waals surface area (Å²) in [6, 6.07) is 18.4. The zero-order valence-electron chi connectivity index (χ0n) is 16.5. The Kier molecular flexibility index (Phi) is 8.70. The van der Waals surface area contributed by atoms with Crippen molar-refractivity contribution in [2.24, 2.45) is 10.2 Å². The molecule has 8 nitrogen and oxygen atoms in total. The van der Waals surface area contributed by atoms with Crippen molar-refractivity contribution in [3.63, 3.8) is 0 Å². The van der Waals surface area contributed by atoms with Crippen LogP contribution in [0.5, 0.6) is 0 Å². The van der Waals surface area contributed by atoms with Gasteiger partial charge in [0.2, 0.25) is 0 Å². The molecule has 0 saturated heterocycles. The van der Waals surface area contributed by atoms with Gasteiger partial charge in [-0.3, -0.25) is 10.4 Å². The number of rotatable bonds is 8. The zero-order chi connectivity index (χ0) is 20.6. The van der Waals surface area contributed by atoms with Crippen LogP contribution in [0.2, 0.25) is 5.02 Å². The molecular formula is C21H24ClN5O3. The van der Waals surface area contributed by atoms with Gasteiger partial charge in [0.15, 0.2) is 18.9 Å². The minimum atomic E-state index is 0. The summed E-state index contributed by atoms with van der Waals surface area (Å²) < 4.78 is 2.16. The Labute approximate surface area is 180 Å². The molecule has 158 valence electrons. The summed E-state index contributed by atoms with van der Waals surface area (Å²) in [7, 11) is 0. The Morgan fingerprint density at radius 3 is 2.20 bits per heavy atom. The maximum Gasteiger partial charge on any atom is 0.168 e. The van der Waals surface area contributed by atoms with Crippen LogP contribution in [-0.4, -0.2) is 29.0 Å². The van der Waals surface area contributed by atoms with Gasteiger partial charge in [0.25, 0.3) is 0 Å². The van der Waals surface area contributed by atoms with E-state index in [1.807, 2.05) is 42.5 Å². The molecule has 0 amide bonds. The minimum absolute atomic E-state index is 0. The summed E-state index contributed by atoms with van der Waals surface area (Å²) in [4.78, 5) is 2.30. The molecule has 0 atom stereocenters. The van der Waals surface area contributed by atoms with Crippen LogP contribution in [-0.2, 0) is 6.54 Å². The van der Waals surface area contributed by atoms with Crippen LogP contribution in [0.1, 0.15) is 6.92 Å². The summed E-state index contributed by atoms with van der Waals surface area (Å²) in [5, 5.41) is 26.6.